The summed E-state index contributed by atoms with van der Waals surface area (Å²) in [7, 11) is 0. The first kappa shape index (κ1) is 23.4. The summed E-state index contributed by atoms with van der Waals surface area (Å²) < 4.78 is 0. The Balaban J connectivity index is 1.60. The molecule has 0 amide bonds. The van der Waals surface area contributed by atoms with Gasteiger partial charge in [0, 0.05) is 37.3 Å². The highest BCUT2D eigenvalue weighted by Crippen LogP contribution is 2.38. The van der Waals surface area contributed by atoms with E-state index < -0.39 is 5.60 Å². The molecule has 0 spiro atoms. The van der Waals surface area contributed by atoms with Gasteiger partial charge in [-0.2, -0.15) is 0 Å². The lowest BCUT2D eigenvalue weighted by Crippen LogP contribution is -2.52. The van der Waals surface area contributed by atoms with Gasteiger partial charge in [-0.3, -0.25) is 4.90 Å². The average molecular weight is 482 g/mol. The van der Waals surface area contributed by atoms with Gasteiger partial charge in [-0.05, 0) is 42.3 Å². The number of phenolic OH excluding ortho intramolecular Hbond substituents is 1. The molecule has 0 unspecified atom stereocenters. The smallest absolute Gasteiger partial charge is 0.187 e. The van der Waals surface area contributed by atoms with Crippen LogP contribution in [0.25, 0.3) is 4.85 Å². The van der Waals surface area contributed by atoms with Gasteiger partial charge >= 0.3 is 0 Å². The van der Waals surface area contributed by atoms with E-state index in [1.807, 2.05) is 42.5 Å². The van der Waals surface area contributed by atoms with Crippen molar-refractivity contribution in [1.29, 1.82) is 0 Å². The first-order chi connectivity index (χ1) is 15.8. The Morgan fingerprint density at radius 1 is 1.03 bits per heavy atom. The molecule has 4 rings (SSSR count). The number of rotatable bonds is 5. The summed E-state index contributed by atoms with van der Waals surface area (Å²) in [5, 5.41) is 22.2. The van der Waals surface area contributed by atoms with Crippen molar-refractivity contribution in [2.24, 2.45) is 0 Å². The highest BCUT2D eigenvalue weighted by Gasteiger charge is 2.34. The molecule has 0 radical (unpaired) electrons. The highest BCUT2D eigenvalue weighted by atomic mass is 35.5. The Morgan fingerprint density at radius 2 is 1.73 bits per heavy atom. The van der Waals surface area contributed by atoms with E-state index in [1.54, 1.807) is 31.2 Å². The van der Waals surface area contributed by atoms with E-state index in [2.05, 4.69) is 14.6 Å². The van der Waals surface area contributed by atoms with Crippen molar-refractivity contribution in [3.05, 3.63) is 99.3 Å². The Labute approximate surface area is 204 Å². The average Bonchev–Trinajstić information content (AvgIpc) is 2.80. The minimum Gasteiger partial charge on any atom is -0.508 e. The number of anilines is 1. The highest BCUT2D eigenvalue weighted by molar-refractivity contribution is 6.33. The van der Waals surface area contributed by atoms with Crippen LogP contribution in [0, 0.1) is 6.57 Å². The minimum absolute atomic E-state index is 0.0154. The van der Waals surface area contributed by atoms with E-state index in [0.29, 0.717) is 35.4 Å². The molecule has 0 saturated carbocycles. The van der Waals surface area contributed by atoms with E-state index in [1.165, 1.54) is 0 Å². The van der Waals surface area contributed by atoms with Crippen LogP contribution in [0.15, 0.2) is 66.7 Å². The van der Waals surface area contributed by atoms with Crippen molar-refractivity contribution in [2.75, 3.05) is 31.1 Å². The number of aromatic hydroxyl groups is 1. The molecule has 170 valence electrons. The van der Waals surface area contributed by atoms with Gasteiger partial charge in [0.2, 0.25) is 0 Å². The molecule has 0 aromatic heterocycles. The van der Waals surface area contributed by atoms with Crippen LogP contribution < -0.4 is 4.90 Å². The lowest BCUT2D eigenvalue weighted by atomic mass is 9.93. The molecule has 1 saturated heterocycles. The van der Waals surface area contributed by atoms with E-state index in [0.717, 1.165) is 23.4 Å². The quantitative estimate of drug-likeness (QED) is 0.437. The lowest BCUT2D eigenvalue weighted by molar-refractivity contribution is 0.0103. The number of piperazine rings is 1. The molecule has 7 heteroatoms. The van der Waals surface area contributed by atoms with E-state index in [9.17, 15) is 10.2 Å². The fourth-order valence-corrected chi connectivity index (χ4v) is 4.80. The third-order valence-electron chi connectivity index (χ3n) is 6.11. The lowest BCUT2D eigenvalue weighted by Gasteiger charge is -2.45. The standard InChI is InChI=1S/C26H25Cl2N3O2/c1-26(33,19-5-9-21(29-2)10-6-19)17-30-13-14-31(24-12-11-22(32)15-23(24)28)25(16-30)18-3-7-20(27)8-4-18/h3-12,15,25,32-33H,13-14,16-17H2,1H3/t25-,26+/m0/s1. The van der Waals surface area contributed by atoms with Gasteiger partial charge in [0.05, 0.1) is 28.9 Å². The third kappa shape index (κ3) is 5.26. The first-order valence-corrected chi connectivity index (χ1v) is 11.5. The molecule has 1 aliphatic rings. The molecular formula is C26H25Cl2N3O2. The van der Waals surface area contributed by atoms with E-state index >= 15 is 0 Å². The zero-order valence-corrected chi connectivity index (χ0v) is 19.8. The van der Waals surface area contributed by atoms with Gasteiger partial charge in [-0.15, -0.1) is 0 Å². The molecular weight excluding hydrogens is 457 g/mol. The zero-order valence-electron chi connectivity index (χ0n) is 18.2. The van der Waals surface area contributed by atoms with Crippen LogP contribution in [0.5, 0.6) is 5.75 Å². The van der Waals surface area contributed by atoms with Gasteiger partial charge in [-0.1, -0.05) is 59.6 Å². The van der Waals surface area contributed by atoms with E-state index in [4.69, 9.17) is 29.8 Å². The summed E-state index contributed by atoms with van der Waals surface area (Å²) in [6, 6.07) is 19.9. The maximum absolute atomic E-state index is 11.3. The zero-order chi connectivity index (χ0) is 23.6. The molecule has 1 heterocycles. The molecule has 0 bridgehead atoms. The Kier molecular flexibility index (Phi) is 6.83. The second-order valence-electron chi connectivity index (χ2n) is 8.56. The maximum Gasteiger partial charge on any atom is 0.187 e. The minimum atomic E-state index is -1.07. The van der Waals surface area contributed by atoms with E-state index in [-0.39, 0.29) is 11.8 Å². The van der Waals surface area contributed by atoms with Crippen LogP contribution in [0.2, 0.25) is 10.0 Å². The number of halogens is 2. The van der Waals surface area contributed by atoms with Crippen LogP contribution >= 0.6 is 23.2 Å². The molecule has 2 atom stereocenters. The number of benzene rings is 3. The molecule has 3 aromatic carbocycles. The van der Waals surface area contributed by atoms with Crippen molar-refractivity contribution < 1.29 is 10.2 Å². The van der Waals surface area contributed by atoms with Crippen LogP contribution in [0.4, 0.5) is 11.4 Å². The molecule has 3 aromatic rings. The Bertz CT molecular complexity index is 1160. The van der Waals surface area contributed by atoms with Crippen molar-refractivity contribution in [3.8, 4) is 5.75 Å². The van der Waals surface area contributed by atoms with Crippen LogP contribution in [0.1, 0.15) is 24.1 Å². The number of nitrogens with zero attached hydrogens (tertiary/aromatic N) is 3. The Hall–Kier alpha value is -2.75. The van der Waals surface area contributed by atoms with Crippen LogP contribution in [-0.4, -0.2) is 41.3 Å². The summed E-state index contributed by atoms with van der Waals surface area (Å²) in [5.41, 5.74) is 2.22. The third-order valence-corrected chi connectivity index (χ3v) is 6.66. The number of hydrogen-bond donors (Lipinski definition) is 2. The SMILES string of the molecule is [C-]#[N+]c1ccc([C@](C)(O)CN2CCN(c3ccc(O)cc3Cl)[C@H](c3ccc(Cl)cc3)C2)cc1. The van der Waals surface area contributed by atoms with Gasteiger partial charge in [0.25, 0.3) is 0 Å². The maximum atomic E-state index is 11.3. The monoisotopic (exact) mass is 481 g/mol. The topological polar surface area (TPSA) is 51.3 Å². The number of hydrogen-bond acceptors (Lipinski definition) is 4. The molecule has 0 aliphatic carbocycles. The molecule has 2 N–H and O–H groups in total. The first-order valence-electron chi connectivity index (χ1n) is 10.7. The predicted octanol–water partition coefficient (Wildman–Crippen LogP) is 6.02. The molecule has 1 aliphatic heterocycles. The summed E-state index contributed by atoms with van der Waals surface area (Å²) in [5.74, 6) is 0.130. The number of aliphatic hydroxyl groups is 1. The molecule has 5 nitrogen and oxygen atoms in total. The van der Waals surface area contributed by atoms with Crippen molar-refractivity contribution in [2.45, 2.75) is 18.6 Å². The fourth-order valence-electron chi connectivity index (χ4n) is 4.39. The summed E-state index contributed by atoms with van der Waals surface area (Å²) >= 11 is 12.6. The van der Waals surface area contributed by atoms with Crippen molar-refractivity contribution in [1.82, 2.24) is 4.90 Å². The summed E-state index contributed by atoms with van der Waals surface area (Å²) in [4.78, 5) is 7.91. The van der Waals surface area contributed by atoms with Crippen LogP contribution in [-0.2, 0) is 5.60 Å². The molecule has 1 fully saturated rings. The number of β-amino-alcohol motifs (C(OH)–C–C–N with tert-alkyl or cyclic N) is 1. The normalized spacial score (nSPS) is 18.5. The van der Waals surface area contributed by atoms with Crippen molar-refractivity contribution >= 4 is 34.6 Å². The van der Waals surface area contributed by atoms with Gasteiger partial charge in [0.15, 0.2) is 5.69 Å². The van der Waals surface area contributed by atoms with Crippen molar-refractivity contribution in [3.63, 3.8) is 0 Å². The largest absolute Gasteiger partial charge is 0.508 e. The molecule has 33 heavy (non-hydrogen) atoms. The number of phenols is 1. The van der Waals surface area contributed by atoms with Gasteiger partial charge in [0.1, 0.15) is 5.75 Å². The second kappa shape index (κ2) is 9.62. The van der Waals surface area contributed by atoms with Crippen LogP contribution in [0.3, 0.4) is 0 Å². The van der Waals surface area contributed by atoms with Gasteiger partial charge < -0.3 is 15.1 Å². The second-order valence-corrected chi connectivity index (χ2v) is 9.41. The Morgan fingerprint density at radius 3 is 2.36 bits per heavy atom. The summed E-state index contributed by atoms with van der Waals surface area (Å²) in [6.07, 6.45) is 0. The predicted molar refractivity (Wildman–Crippen MR) is 133 cm³/mol. The van der Waals surface area contributed by atoms with Gasteiger partial charge in [-0.25, -0.2) is 4.85 Å². The fraction of sp³-hybridized carbons (Fsp3) is 0.269. The summed E-state index contributed by atoms with van der Waals surface area (Å²) in [6.45, 7) is 11.5.